The van der Waals surface area contributed by atoms with Crippen LogP contribution in [0.3, 0.4) is 0 Å². The Labute approximate surface area is 136 Å². The average molecular weight is 323 g/mol. The summed E-state index contributed by atoms with van der Waals surface area (Å²) in [6.07, 6.45) is 3.44. The van der Waals surface area contributed by atoms with Crippen LogP contribution in [0, 0.1) is 5.92 Å². The Morgan fingerprint density at radius 3 is 2.95 bits per heavy atom. The van der Waals surface area contributed by atoms with Crippen molar-refractivity contribution in [2.75, 3.05) is 19.6 Å². The molecular weight excluding hydrogens is 300 g/mol. The van der Waals surface area contributed by atoms with Crippen LogP contribution < -0.4 is 5.32 Å². The number of likely N-dealkylation sites (tertiary alicyclic amines) is 1. The molecule has 1 fully saturated rings. The van der Waals surface area contributed by atoms with Crippen molar-refractivity contribution in [2.45, 2.75) is 32.6 Å². The lowest BCUT2D eigenvalue weighted by Crippen LogP contribution is -2.43. The van der Waals surface area contributed by atoms with Crippen LogP contribution in [0.25, 0.3) is 0 Å². The molecule has 1 aromatic rings. The number of benzene rings is 1. The molecule has 1 aromatic carbocycles. The van der Waals surface area contributed by atoms with Crippen LogP contribution in [0.5, 0.6) is 0 Å². The third-order valence-electron chi connectivity index (χ3n) is 3.94. The molecule has 0 radical (unpaired) electrons. The highest BCUT2D eigenvalue weighted by molar-refractivity contribution is 6.30. The van der Waals surface area contributed by atoms with Gasteiger partial charge in [0.1, 0.15) is 0 Å². The first-order valence-electron chi connectivity index (χ1n) is 7.91. The van der Waals surface area contributed by atoms with Gasteiger partial charge in [-0.05, 0) is 43.4 Å². The molecule has 1 heterocycles. The molecule has 0 bridgehead atoms. The number of piperidine rings is 1. The summed E-state index contributed by atoms with van der Waals surface area (Å²) in [5.74, 6) is 0.450. The predicted octanol–water partition coefficient (Wildman–Crippen LogP) is 3.11. The van der Waals surface area contributed by atoms with Crippen LogP contribution in [0.2, 0.25) is 5.02 Å². The number of carbonyl (C=O) groups is 2. The molecule has 1 aliphatic rings. The van der Waals surface area contributed by atoms with E-state index < -0.39 is 0 Å². The van der Waals surface area contributed by atoms with Gasteiger partial charge in [0.25, 0.3) is 5.91 Å². The third-order valence-corrected chi connectivity index (χ3v) is 4.18. The van der Waals surface area contributed by atoms with Gasteiger partial charge in [-0.3, -0.25) is 9.59 Å². The van der Waals surface area contributed by atoms with Crippen molar-refractivity contribution in [3.63, 3.8) is 0 Å². The van der Waals surface area contributed by atoms with E-state index in [4.69, 9.17) is 11.6 Å². The van der Waals surface area contributed by atoms with Crippen LogP contribution >= 0.6 is 11.6 Å². The van der Waals surface area contributed by atoms with Gasteiger partial charge in [0, 0.05) is 36.6 Å². The fourth-order valence-electron chi connectivity index (χ4n) is 2.79. The third kappa shape index (κ3) is 4.73. The zero-order valence-corrected chi connectivity index (χ0v) is 13.7. The van der Waals surface area contributed by atoms with Crippen molar-refractivity contribution in [2.24, 2.45) is 5.92 Å². The SMILES string of the molecule is CCCC(=O)NCC1CCCN(C(=O)c2cccc(Cl)c2)C1. The first-order chi connectivity index (χ1) is 10.6. The van der Waals surface area contributed by atoms with Crippen LogP contribution in [0.1, 0.15) is 43.0 Å². The molecule has 2 amide bonds. The standard InChI is InChI=1S/C17H23ClN2O2/c1-2-5-16(21)19-11-13-6-4-9-20(12-13)17(22)14-7-3-8-15(18)10-14/h3,7-8,10,13H,2,4-6,9,11-12H2,1H3,(H,19,21). The minimum absolute atomic E-state index is 0.0204. The summed E-state index contributed by atoms with van der Waals surface area (Å²) in [5, 5.41) is 3.54. The highest BCUT2D eigenvalue weighted by Crippen LogP contribution is 2.19. The molecule has 22 heavy (non-hydrogen) atoms. The number of hydrogen-bond acceptors (Lipinski definition) is 2. The van der Waals surface area contributed by atoms with Crippen LogP contribution in [-0.2, 0) is 4.79 Å². The summed E-state index contributed by atoms with van der Waals surface area (Å²) in [7, 11) is 0. The molecule has 1 N–H and O–H groups in total. The largest absolute Gasteiger partial charge is 0.356 e. The number of halogens is 1. The molecule has 1 unspecified atom stereocenters. The Bertz CT molecular complexity index is 533. The molecule has 1 aliphatic heterocycles. The van der Waals surface area contributed by atoms with E-state index in [-0.39, 0.29) is 11.8 Å². The van der Waals surface area contributed by atoms with E-state index in [9.17, 15) is 9.59 Å². The molecular formula is C17H23ClN2O2. The molecule has 1 saturated heterocycles. The van der Waals surface area contributed by atoms with Gasteiger partial charge in [-0.1, -0.05) is 24.6 Å². The summed E-state index contributed by atoms with van der Waals surface area (Å²) in [4.78, 5) is 25.9. The van der Waals surface area contributed by atoms with Gasteiger partial charge in [-0.15, -0.1) is 0 Å². The second-order valence-corrected chi connectivity index (χ2v) is 6.26. The van der Waals surface area contributed by atoms with Crippen LogP contribution in [0.4, 0.5) is 0 Å². The fourth-order valence-corrected chi connectivity index (χ4v) is 2.98. The van der Waals surface area contributed by atoms with Gasteiger partial charge in [0.05, 0.1) is 0 Å². The minimum Gasteiger partial charge on any atom is -0.356 e. The Morgan fingerprint density at radius 1 is 1.41 bits per heavy atom. The first kappa shape index (κ1) is 16.8. The quantitative estimate of drug-likeness (QED) is 0.905. The molecule has 5 heteroatoms. The molecule has 120 valence electrons. The Kier molecular flexibility index (Phi) is 6.25. The highest BCUT2D eigenvalue weighted by Gasteiger charge is 2.24. The Balaban J connectivity index is 1.90. The van der Waals surface area contributed by atoms with E-state index >= 15 is 0 Å². The van der Waals surface area contributed by atoms with Gasteiger partial charge >= 0.3 is 0 Å². The van der Waals surface area contributed by atoms with E-state index in [0.29, 0.717) is 36.0 Å². The number of nitrogens with one attached hydrogen (secondary N) is 1. The molecule has 0 aromatic heterocycles. The molecule has 0 aliphatic carbocycles. The Morgan fingerprint density at radius 2 is 2.23 bits per heavy atom. The van der Waals surface area contributed by atoms with E-state index in [1.54, 1.807) is 24.3 Å². The van der Waals surface area contributed by atoms with Crippen molar-refractivity contribution in [1.29, 1.82) is 0 Å². The lowest BCUT2D eigenvalue weighted by Gasteiger charge is -2.33. The number of hydrogen-bond donors (Lipinski definition) is 1. The monoisotopic (exact) mass is 322 g/mol. The zero-order valence-electron chi connectivity index (χ0n) is 13.0. The van der Waals surface area contributed by atoms with E-state index in [1.807, 2.05) is 11.8 Å². The summed E-state index contributed by atoms with van der Waals surface area (Å²) in [5.41, 5.74) is 0.628. The smallest absolute Gasteiger partial charge is 0.253 e. The molecule has 4 nitrogen and oxygen atoms in total. The van der Waals surface area contributed by atoms with Crippen molar-refractivity contribution in [3.05, 3.63) is 34.9 Å². The number of nitrogens with zero attached hydrogens (tertiary/aromatic N) is 1. The van der Waals surface area contributed by atoms with Crippen LogP contribution in [-0.4, -0.2) is 36.3 Å². The number of amides is 2. The van der Waals surface area contributed by atoms with Crippen LogP contribution in [0.15, 0.2) is 24.3 Å². The summed E-state index contributed by atoms with van der Waals surface area (Å²) < 4.78 is 0. The van der Waals surface area contributed by atoms with Gasteiger partial charge in [0.2, 0.25) is 5.91 Å². The van der Waals surface area contributed by atoms with E-state index in [2.05, 4.69) is 5.32 Å². The van der Waals surface area contributed by atoms with Crippen molar-refractivity contribution in [1.82, 2.24) is 10.2 Å². The average Bonchev–Trinajstić information content (AvgIpc) is 2.53. The molecule has 0 saturated carbocycles. The predicted molar refractivity (Wildman–Crippen MR) is 88.0 cm³/mol. The summed E-state index contributed by atoms with van der Waals surface area (Å²) >= 11 is 5.95. The first-order valence-corrected chi connectivity index (χ1v) is 8.29. The molecule has 2 rings (SSSR count). The van der Waals surface area contributed by atoms with Gasteiger partial charge in [0.15, 0.2) is 0 Å². The molecule has 1 atom stereocenters. The van der Waals surface area contributed by atoms with Crippen molar-refractivity contribution < 1.29 is 9.59 Å². The zero-order chi connectivity index (χ0) is 15.9. The lowest BCUT2D eigenvalue weighted by molar-refractivity contribution is -0.121. The fraction of sp³-hybridized carbons (Fsp3) is 0.529. The highest BCUT2D eigenvalue weighted by atomic mass is 35.5. The maximum absolute atomic E-state index is 12.5. The van der Waals surface area contributed by atoms with E-state index in [1.165, 1.54) is 0 Å². The minimum atomic E-state index is 0.0204. The topological polar surface area (TPSA) is 49.4 Å². The maximum atomic E-state index is 12.5. The van der Waals surface area contributed by atoms with Crippen molar-refractivity contribution in [3.8, 4) is 0 Å². The Hall–Kier alpha value is -1.55. The number of carbonyl (C=O) groups excluding carboxylic acids is 2. The molecule has 0 spiro atoms. The normalized spacial score (nSPS) is 18.1. The van der Waals surface area contributed by atoms with Gasteiger partial charge in [-0.25, -0.2) is 0 Å². The lowest BCUT2D eigenvalue weighted by atomic mass is 9.97. The summed E-state index contributed by atoms with van der Waals surface area (Å²) in [6.45, 7) is 4.10. The summed E-state index contributed by atoms with van der Waals surface area (Å²) in [6, 6.07) is 7.06. The van der Waals surface area contributed by atoms with Crippen molar-refractivity contribution >= 4 is 23.4 Å². The van der Waals surface area contributed by atoms with Gasteiger partial charge in [-0.2, -0.15) is 0 Å². The maximum Gasteiger partial charge on any atom is 0.253 e. The second kappa shape index (κ2) is 8.18. The van der Waals surface area contributed by atoms with Gasteiger partial charge < -0.3 is 10.2 Å². The van der Waals surface area contributed by atoms with E-state index in [0.717, 1.165) is 25.8 Å². The second-order valence-electron chi connectivity index (χ2n) is 5.82. The number of rotatable bonds is 5.